The van der Waals surface area contributed by atoms with Crippen molar-refractivity contribution in [2.45, 2.75) is 19.8 Å². The van der Waals surface area contributed by atoms with Crippen LogP contribution < -0.4 is 10.1 Å². The van der Waals surface area contributed by atoms with Crippen LogP contribution >= 0.6 is 15.9 Å². The first-order valence-corrected chi connectivity index (χ1v) is 11.6. The Morgan fingerprint density at radius 1 is 1.24 bits per heavy atom. The minimum atomic E-state index is -0.474. The van der Waals surface area contributed by atoms with Crippen LogP contribution in [0.1, 0.15) is 19.8 Å². The summed E-state index contributed by atoms with van der Waals surface area (Å²) in [5.41, 5.74) is 1.16. The third kappa shape index (κ3) is 7.09. The van der Waals surface area contributed by atoms with Gasteiger partial charge < -0.3 is 14.8 Å². The number of benzene rings is 2. The molecule has 3 rings (SSSR count). The smallest absolute Gasteiger partial charge is 0.320 e. The fourth-order valence-electron chi connectivity index (χ4n) is 3.31. The number of carbonyl (C=O) groups excluding carboxylic acids is 1. The summed E-state index contributed by atoms with van der Waals surface area (Å²) < 4.78 is 11.6. The first-order valence-electron chi connectivity index (χ1n) is 10.8. The number of unbranched alkanes of at least 4 members (excludes halogenated alkanes) is 1. The lowest BCUT2D eigenvalue weighted by atomic mass is 10.2. The number of fused-ring (bicyclic) bond motifs is 1. The number of likely N-dealkylation sites (N-methyl/N-ethyl adjacent to an activating group) is 1. The topological polar surface area (TPSA) is 120 Å². The van der Waals surface area contributed by atoms with E-state index < -0.39 is 4.92 Å². The van der Waals surface area contributed by atoms with Gasteiger partial charge in [-0.25, -0.2) is 9.97 Å². The Kier molecular flexibility index (Phi) is 9.11. The maximum Gasteiger partial charge on any atom is 0.320 e. The zero-order valence-corrected chi connectivity index (χ0v) is 20.6. The Morgan fingerprint density at radius 3 is 2.79 bits per heavy atom. The predicted molar refractivity (Wildman–Crippen MR) is 132 cm³/mol. The number of aromatic nitrogens is 2. The monoisotopic (exact) mass is 531 g/mol. The molecule has 0 fully saturated rings. The first-order chi connectivity index (χ1) is 16.4. The van der Waals surface area contributed by atoms with E-state index in [1.807, 2.05) is 36.2 Å². The van der Waals surface area contributed by atoms with Crippen molar-refractivity contribution in [3.05, 3.63) is 57.3 Å². The number of hydrogen-bond donors (Lipinski definition) is 1. The van der Waals surface area contributed by atoms with Crippen LogP contribution in [0.4, 0.5) is 17.2 Å². The fraction of sp³-hybridized carbons (Fsp3) is 0.348. The molecule has 0 saturated carbocycles. The SMILES string of the molecule is CCOC(=O)CN(C)CCCCOc1cc2ncnc(Nc3cccc(Br)c3)c2cc1[N+](=O)[O-]. The van der Waals surface area contributed by atoms with Gasteiger partial charge in [-0.05, 0) is 51.6 Å². The van der Waals surface area contributed by atoms with Gasteiger partial charge in [-0.15, -0.1) is 0 Å². The minimum absolute atomic E-state index is 0.154. The van der Waals surface area contributed by atoms with Crippen molar-refractivity contribution in [1.29, 1.82) is 0 Å². The summed E-state index contributed by atoms with van der Waals surface area (Å²) in [6.07, 6.45) is 2.83. The third-order valence-electron chi connectivity index (χ3n) is 4.90. The molecule has 0 atom stereocenters. The zero-order chi connectivity index (χ0) is 24.5. The number of hydrogen-bond acceptors (Lipinski definition) is 9. The van der Waals surface area contributed by atoms with Crippen molar-refractivity contribution in [2.75, 3.05) is 38.7 Å². The van der Waals surface area contributed by atoms with Crippen LogP contribution in [0.25, 0.3) is 10.9 Å². The van der Waals surface area contributed by atoms with E-state index in [0.717, 1.165) is 16.6 Å². The van der Waals surface area contributed by atoms with Gasteiger partial charge in [0.15, 0.2) is 5.75 Å². The van der Waals surface area contributed by atoms with Crippen molar-refractivity contribution in [1.82, 2.24) is 14.9 Å². The Bertz CT molecular complexity index is 1160. The van der Waals surface area contributed by atoms with Gasteiger partial charge >= 0.3 is 11.7 Å². The Morgan fingerprint density at radius 2 is 2.06 bits per heavy atom. The maximum absolute atomic E-state index is 11.7. The highest BCUT2D eigenvalue weighted by molar-refractivity contribution is 9.10. The predicted octanol–water partition coefficient (Wildman–Crippen LogP) is 4.70. The number of nitrogens with zero attached hydrogens (tertiary/aromatic N) is 4. The van der Waals surface area contributed by atoms with Crippen molar-refractivity contribution < 1.29 is 19.2 Å². The number of halogens is 1. The normalized spacial score (nSPS) is 10.9. The molecule has 0 aliphatic heterocycles. The molecule has 180 valence electrons. The summed E-state index contributed by atoms with van der Waals surface area (Å²) in [6, 6.07) is 10.5. The highest BCUT2D eigenvalue weighted by Crippen LogP contribution is 2.34. The van der Waals surface area contributed by atoms with E-state index in [1.54, 1.807) is 13.0 Å². The van der Waals surface area contributed by atoms with Gasteiger partial charge in [0.2, 0.25) is 0 Å². The van der Waals surface area contributed by atoms with Crippen LogP contribution in [0.15, 0.2) is 47.2 Å². The van der Waals surface area contributed by atoms with E-state index in [0.29, 0.717) is 42.9 Å². The van der Waals surface area contributed by atoms with Gasteiger partial charge in [-0.3, -0.25) is 19.8 Å². The van der Waals surface area contributed by atoms with Gasteiger partial charge in [0.25, 0.3) is 0 Å². The van der Waals surface area contributed by atoms with Gasteiger partial charge in [-0.1, -0.05) is 22.0 Å². The number of ether oxygens (including phenoxy) is 2. The molecule has 1 heterocycles. The molecule has 3 aromatic rings. The summed E-state index contributed by atoms with van der Waals surface area (Å²) in [4.78, 5) is 33.1. The molecule has 0 amide bonds. The first kappa shape index (κ1) is 25.3. The molecule has 10 nitrogen and oxygen atoms in total. The standard InChI is InChI=1S/C23H26BrN5O5/c1-3-33-22(30)14-28(2)9-4-5-10-34-21-13-19-18(12-20(21)29(31)32)23(26-15-25-19)27-17-8-6-7-16(24)11-17/h6-8,11-13,15H,3-5,9-10,14H2,1-2H3,(H,25,26,27). The summed E-state index contributed by atoms with van der Waals surface area (Å²) in [7, 11) is 1.84. The van der Waals surface area contributed by atoms with E-state index in [1.165, 1.54) is 12.4 Å². The molecule has 0 aliphatic rings. The molecule has 34 heavy (non-hydrogen) atoms. The minimum Gasteiger partial charge on any atom is -0.487 e. The average molecular weight is 532 g/mol. The molecule has 1 aromatic heterocycles. The second kappa shape index (κ2) is 12.2. The molecule has 2 aromatic carbocycles. The van der Waals surface area contributed by atoms with Crippen LogP contribution in [-0.4, -0.2) is 59.1 Å². The van der Waals surface area contributed by atoms with Gasteiger partial charge in [-0.2, -0.15) is 0 Å². The number of nitrogens with one attached hydrogen (secondary N) is 1. The van der Waals surface area contributed by atoms with Crippen molar-refractivity contribution in [3.63, 3.8) is 0 Å². The third-order valence-corrected chi connectivity index (χ3v) is 5.39. The van der Waals surface area contributed by atoms with E-state index in [-0.39, 0.29) is 24.0 Å². The number of esters is 1. The van der Waals surface area contributed by atoms with Gasteiger partial charge in [0.05, 0.1) is 35.6 Å². The van der Waals surface area contributed by atoms with Gasteiger partial charge in [0.1, 0.15) is 12.1 Å². The lowest BCUT2D eigenvalue weighted by Crippen LogP contribution is -2.28. The fourth-order valence-corrected chi connectivity index (χ4v) is 3.70. The van der Waals surface area contributed by atoms with Crippen LogP contribution in [0, 0.1) is 10.1 Å². The van der Waals surface area contributed by atoms with Crippen LogP contribution in [0.5, 0.6) is 5.75 Å². The molecule has 1 N–H and O–H groups in total. The van der Waals surface area contributed by atoms with Crippen molar-refractivity contribution in [2.24, 2.45) is 0 Å². The number of rotatable bonds is 12. The second-order valence-corrected chi connectivity index (χ2v) is 8.47. The van der Waals surface area contributed by atoms with E-state index in [9.17, 15) is 14.9 Å². The molecule has 0 bridgehead atoms. The zero-order valence-electron chi connectivity index (χ0n) is 19.0. The Hall–Kier alpha value is -3.31. The molecule has 0 unspecified atom stereocenters. The van der Waals surface area contributed by atoms with E-state index in [4.69, 9.17) is 9.47 Å². The molecule has 0 saturated heterocycles. The lowest BCUT2D eigenvalue weighted by molar-refractivity contribution is -0.385. The van der Waals surface area contributed by atoms with Gasteiger partial charge in [0, 0.05) is 22.3 Å². The summed E-state index contributed by atoms with van der Waals surface area (Å²) in [5, 5.41) is 15.4. The van der Waals surface area contributed by atoms with E-state index >= 15 is 0 Å². The molecule has 0 spiro atoms. The number of anilines is 2. The van der Waals surface area contributed by atoms with E-state index in [2.05, 4.69) is 31.2 Å². The molecular weight excluding hydrogens is 506 g/mol. The quantitative estimate of drug-likeness (QED) is 0.153. The molecule has 0 radical (unpaired) electrons. The average Bonchev–Trinajstić information content (AvgIpc) is 2.78. The summed E-state index contributed by atoms with van der Waals surface area (Å²) in [6.45, 7) is 3.33. The van der Waals surface area contributed by atoms with Crippen LogP contribution in [0.3, 0.4) is 0 Å². The number of carbonyl (C=O) groups is 1. The van der Waals surface area contributed by atoms with Crippen molar-refractivity contribution >= 4 is 50.0 Å². The molecule has 11 heteroatoms. The summed E-state index contributed by atoms with van der Waals surface area (Å²) in [5.74, 6) is 0.357. The van der Waals surface area contributed by atoms with Crippen molar-refractivity contribution in [3.8, 4) is 5.75 Å². The maximum atomic E-state index is 11.7. The highest BCUT2D eigenvalue weighted by Gasteiger charge is 2.19. The molecular formula is C23H26BrN5O5. The number of nitro groups is 1. The lowest BCUT2D eigenvalue weighted by Gasteiger charge is -2.15. The van der Waals surface area contributed by atoms with Crippen LogP contribution in [-0.2, 0) is 9.53 Å². The largest absolute Gasteiger partial charge is 0.487 e. The Balaban J connectivity index is 1.67. The molecule has 0 aliphatic carbocycles. The Labute approximate surface area is 205 Å². The highest BCUT2D eigenvalue weighted by atomic mass is 79.9. The summed E-state index contributed by atoms with van der Waals surface area (Å²) >= 11 is 3.42. The van der Waals surface area contributed by atoms with Crippen LogP contribution in [0.2, 0.25) is 0 Å². The number of nitro benzene ring substituents is 1. The second-order valence-electron chi connectivity index (χ2n) is 7.55.